The highest BCUT2D eigenvalue weighted by Gasteiger charge is 2.14. The Bertz CT molecular complexity index is 509. The highest BCUT2D eigenvalue weighted by Crippen LogP contribution is 2.17. The predicted octanol–water partition coefficient (Wildman–Crippen LogP) is 3.94. The second-order valence-corrected chi connectivity index (χ2v) is 5.16. The first-order valence-corrected chi connectivity index (χ1v) is 7.67. The Morgan fingerprint density at radius 3 is 1.86 bits per heavy atom. The number of nitrogens with one attached hydrogen (secondary N) is 1. The Labute approximate surface area is 133 Å². The lowest BCUT2D eigenvalue weighted by atomic mass is 10.1. The molecule has 0 amide bonds. The van der Waals surface area contributed by atoms with E-state index in [9.17, 15) is 0 Å². The van der Waals surface area contributed by atoms with Crippen molar-refractivity contribution in [3.63, 3.8) is 0 Å². The molecule has 2 nitrogen and oxygen atoms in total. The van der Waals surface area contributed by atoms with Crippen LogP contribution in [-0.4, -0.2) is 30.6 Å². The summed E-state index contributed by atoms with van der Waals surface area (Å²) in [6.07, 6.45) is 3.83. The zero-order chi connectivity index (χ0) is 15.6. The fraction of sp³-hybridized carbons (Fsp3) is 0.200. The van der Waals surface area contributed by atoms with E-state index in [1.807, 2.05) is 24.4 Å². The first kappa shape index (κ1) is 16.1. The topological polar surface area (TPSA) is 15.3 Å². The molecule has 2 aromatic rings. The minimum atomic E-state index is 0.436. The molecular weight excluding hydrogens is 268 g/mol. The minimum Gasteiger partial charge on any atom is -0.369 e. The van der Waals surface area contributed by atoms with Crippen LogP contribution in [0.15, 0.2) is 86.1 Å². The molecule has 3 rings (SSSR count). The summed E-state index contributed by atoms with van der Waals surface area (Å²) < 4.78 is 0. The zero-order valence-electron chi connectivity index (χ0n) is 13.0. The quantitative estimate of drug-likeness (QED) is 0.862. The Kier molecular flexibility index (Phi) is 6.46. The van der Waals surface area contributed by atoms with Gasteiger partial charge in [0.25, 0.3) is 0 Å². The lowest BCUT2D eigenvalue weighted by molar-refractivity contribution is 0.268. The third kappa shape index (κ3) is 4.61. The molecule has 1 unspecified atom stereocenters. The molecule has 1 aliphatic heterocycles. The number of benzene rings is 2. The maximum atomic E-state index is 3.75. The second-order valence-electron chi connectivity index (χ2n) is 5.16. The van der Waals surface area contributed by atoms with Gasteiger partial charge in [0.1, 0.15) is 0 Å². The first-order chi connectivity index (χ1) is 10.8. The molecule has 1 fully saturated rings. The van der Waals surface area contributed by atoms with Gasteiger partial charge in [-0.1, -0.05) is 73.3 Å². The number of nitrogens with zero attached hydrogens (tertiary/aromatic N) is 1. The molecule has 2 heteroatoms. The second kappa shape index (κ2) is 8.85. The fourth-order valence-corrected chi connectivity index (χ4v) is 2.45. The van der Waals surface area contributed by atoms with E-state index in [1.165, 1.54) is 11.1 Å². The van der Waals surface area contributed by atoms with Gasteiger partial charge in [-0.2, -0.15) is 0 Å². The average molecular weight is 292 g/mol. The van der Waals surface area contributed by atoms with E-state index in [4.69, 9.17) is 0 Å². The Morgan fingerprint density at radius 2 is 1.45 bits per heavy atom. The van der Waals surface area contributed by atoms with Crippen molar-refractivity contribution in [1.29, 1.82) is 0 Å². The van der Waals surface area contributed by atoms with Gasteiger partial charge in [0.15, 0.2) is 0 Å². The van der Waals surface area contributed by atoms with Gasteiger partial charge in [-0.25, -0.2) is 0 Å². The van der Waals surface area contributed by atoms with E-state index >= 15 is 0 Å². The van der Waals surface area contributed by atoms with Crippen molar-refractivity contribution in [3.8, 4) is 11.1 Å². The molecule has 0 saturated carbocycles. The molecule has 2 aromatic carbocycles. The summed E-state index contributed by atoms with van der Waals surface area (Å²) in [6, 6.07) is 21.2. The van der Waals surface area contributed by atoms with Gasteiger partial charge in [-0.15, -0.1) is 6.58 Å². The molecule has 0 spiro atoms. The number of hydrogen-bond donors (Lipinski definition) is 1. The molecule has 0 aromatic heterocycles. The van der Waals surface area contributed by atoms with Gasteiger partial charge in [0, 0.05) is 19.6 Å². The van der Waals surface area contributed by atoms with E-state index in [1.54, 1.807) is 0 Å². The Hall–Kier alpha value is -2.32. The SMILES string of the molecule is C=CC1CNCCN1C=C.c1ccc(-c2ccccc2)cc1. The van der Waals surface area contributed by atoms with Crippen LogP contribution in [0.5, 0.6) is 0 Å². The van der Waals surface area contributed by atoms with Crippen LogP contribution in [0.2, 0.25) is 0 Å². The van der Waals surface area contributed by atoms with E-state index in [2.05, 4.69) is 71.9 Å². The van der Waals surface area contributed by atoms with Gasteiger partial charge in [0.05, 0.1) is 6.04 Å². The van der Waals surface area contributed by atoms with Crippen LogP contribution in [0.25, 0.3) is 11.1 Å². The molecule has 1 atom stereocenters. The maximum Gasteiger partial charge on any atom is 0.0589 e. The molecule has 0 radical (unpaired) electrons. The summed E-state index contributed by atoms with van der Waals surface area (Å²) in [5, 5.41) is 3.29. The lowest BCUT2D eigenvalue weighted by Crippen LogP contribution is -2.47. The average Bonchev–Trinajstić information content (AvgIpc) is 2.63. The van der Waals surface area contributed by atoms with Gasteiger partial charge >= 0.3 is 0 Å². The summed E-state index contributed by atoms with van der Waals surface area (Å²) in [6.45, 7) is 10.6. The van der Waals surface area contributed by atoms with E-state index < -0.39 is 0 Å². The van der Waals surface area contributed by atoms with Crippen molar-refractivity contribution in [2.24, 2.45) is 0 Å². The third-order valence-electron chi connectivity index (χ3n) is 3.71. The molecule has 0 aliphatic carbocycles. The van der Waals surface area contributed by atoms with E-state index in [0.29, 0.717) is 6.04 Å². The van der Waals surface area contributed by atoms with Gasteiger partial charge in [-0.3, -0.25) is 0 Å². The summed E-state index contributed by atoms with van der Waals surface area (Å²) in [4.78, 5) is 2.20. The number of piperazine rings is 1. The van der Waals surface area contributed by atoms with Crippen molar-refractivity contribution >= 4 is 0 Å². The highest BCUT2D eigenvalue weighted by atomic mass is 15.2. The summed E-state index contributed by atoms with van der Waals surface area (Å²) in [5.41, 5.74) is 2.55. The molecule has 1 heterocycles. The predicted molar refractivity (Wildman–Crippen MR) is 95.6 cm³/mol. The normalized spacial score (nSPS) is 17.1. The van der Waals surface area contributed by atoms with E-state index in [0.717, 1.165) is 19.6 Å². The molecule has 1 aliphatic rings. The van der Waals surface area contributed by atoms with Crippen LogP contribution < -0.4 is 5.32 Å². The Morgan fingerprint density at radius 1 is 0.909 bits per heavy atom. The first-order valence-electron chi connectivity index (χ1n) is 7.67. The minimum absolute atomic E-state index is 0.436. The maximum absolute atomic E-state index is 3.75. The van der Waals surface area contributed by atoms with Crippen LogP contribution in [0.1, 0.15) is 0 Å². The monoisotopic (exact) mass is 292 g/mol. The van der Waals surface area contributed by atoms with Gasteiger partial charge in [0.2, 0.25) is 0 Å². The molecule has 1 saturated heterocycles. The summed E-state index contributed by atoms with van der Waals surface area (Å²) in [7, 11) is 0. The molecule has 114 valence electrons. The third-order valence-corrected chi connectivity index (χ3v) is 3.71. The summed E-state index contributed by atoms with van der Waals surface area (Å²) >= 11 is 0. The van der Waals surface area contributed by atoms with Gasteiger partial charge in [-0.05, 0) is 17.3 Å². The van der Waals surface area contributed by atoms with Crippen molar-refractivity contribution < 1.29 is 0 Å². The van der Waals surface area contributed by atoms with Crippen LogP contribution in [-0.2, 0) is 0 Å². The molecule has 22 heavy (non-hydrogen) atoms. The molecular formula is C20H24N2. The fourth-order valence-electron chi connectivity index (χ4n) is 2.45. The number of hydrogen-bond acceptors (Lipinski definition) is 2. The molecule has 1 N–H and O–H groups in total. The Balaban J connectivity index is 0.000000164. The highest BCUT2D eigenvalue weighted by molar-refractivity contribution is 5.62. The summed E-state index contributed by atoms with van der Waals surface area (Å²) in [5.74, 6) is 0. The zero-order valence-corrected chi connectivity index (χ0v) is 13.0. The van der Waals surface area contributed by atoms with Crippen LogP contribution in [0.4, 0.5) is 0 Å². The lowest BCUT2D eigenvalue weighted by Gasteiger charge is -2.32. The largest absolute Gasteiger partial charge is 0.369 e. The van der Waals surface area contributed by atoms with Crippen molar-refractivity contribution in [2.75, 3.05) is 19.6 Å². The van der Waals surface area contributed by atoms with Crippen LogP contribution in [0.3, 0.4) is 0 Å². The van der Waals surface area contributed by atoms with Crippen molar-refractivity contribution in [1.82, 2.24) is 10.2 Å². The number of rotatable bonds is 3. The standard InChI is InChI=1S/C12H10.C8H14N2/c1-3-7-11(8-4-1)12-9-5-2-6-10-12;1-3-8-7-9-5-6-10(8)4-2/h1-10H;3-4,8-9H,1-2,5-7H2. The van der Waals surface area contributed by atoms with Crippen molar-refractivity contribution in [2.45, 2.75) is 6.04 Å². The van der Waals surface area contributed by atoms with Crippen molar-refractivity contribution in [3.05, 3.63) is 86.1 Å². The van der Waals surface area contributed by atoms with E-state index in [-0.39, 0.29) is 0 Å². The molecule has 0 bridgehead atoms. The van der Waals surface area contributed by atoms with Crippen LogP contribution >= 0.6 is 0 Å². The smallest absolute Gasteiger partial charge is 0.0589 e. The van der Waals surface area contributed by atoms with Gasteiger partial charge < -0.3 is 10.2 Å². The van der Waals surface area contributed by atoms with Crippen LogP contribution in [0, 0.1) is 0 Å².